The third-order valence-corrected chi connectivity index (χ3v) is 2.93. The van der Waals surface area contributed by atoms with Crippen molar-refractivity contribution in [1.29, 1.82) is 0 Å². The van der Waals surface area contributed by atoms with Crippen molar-refractivity contribution in [2.24, 2.45) is 0 Å². The first-order valence-electron chi connectivity index (χ1n) is 5.71. The predicted octanol–water partition coefficient (Wildman–Crippen LogP) is 4.24. The highest BCUT2D eigenvalue weighted by Crippen LogP contribution is 2.26. The number of hydrogen-bond donors (Lipinski definition) is 0. The zero-order valence-corrected chi connectivity index (χ0v) is 11.2. The fourth-order valence-electron chi connectivity index (χ4n) is 1.64. The van der Waals surface area contributed by atoms with Crippen LogP contribution in [-0.4, -0.2) is 7.11 Å². The summed E-state index contributed by atoms with van der Waals surface area (Å²) in [7, 11) is 1.65. The Kier molecular flexibility index (Phi) is 4.11. The van der Waals surface area contributed by atoms with Crippen molar-refractivity contribution in [1.82, 2.24) is 0 Å². The van der Waals surface area contributed by atoms with E-state index in [1.165, 1.54) is 0 Å². The van der Waals surface area contributed by atoms with E-state index in [0.29, 0.717) is 17.4 Å². The zero-order chi connectivity index (χ0) is 13.0. The summed E-state index contributed by atoms with van der Waals surface area (Å²) in [5.41, 5.74) is 2.17. The first kappa shape index (κ1) is 12.8. The van der Waals surface area contributed by atoms with Gasteiger partial charge in [-0.25, -0.2) is 0 Å². The lowest BCUT2D eigenvalue weighted by molar-refractivity contribution is 0.305. The molecule has 0 radical (unpaired) electrons. The average Bonchev–Trinajstić information content (AvgIpc) is 2.40. The number of aryl methyl sites for hydroxylation is 1. The highest BCUT2D eigenvalue weighted by molar-refractivity contribution is 6.32. The molecule has 0 fully saturated rings. The first-order chi connectivity index (χ1) is 8.69. The van der Waals surface area contributed by atoms with Crippen molar-refractivity contribution >= 4 is 11.6 Å². The van der Waals surface area contributed by atoms with Crippen LogP contribution in [0, 0.1) is 6.92 Å². The smallest absolute Gasteiger partial charge is 0.138 e. The van der Waals surface area contributed by atoms with Crippen LogP contribution in [-0.2, 0) is 6.61 Å². The van der Waals surface area contributed by atoms with Crippen molar-refractivity contribution < 1.29 is 9.47 Å². The average molecular weight is 263 g/mol. The van der Waals surface area contributed by atoms with E-state index in [1.807, 2.05) is 49.4 Å². The first-order valence-corrected chi connectivity index (χ1v) is 6.09. The van der Waals surface area contributed by atoms with E-state index < -0.39 is 0 Å². The summed E-state index contributed by atoms with van der Waals surface area (Å²) in [6, 6.07) is 13.5. The maximum atomic E-state index is 6.07. The van der Waals surface area contributed by atoms with Gasteiger partial charge in [0.05, 0.1) is 12.1 Å². The molecule has 0 bridgehead atoms. The Morgan fingerprint density at radius 3 is 2.72 bits per heavy atom. The highest BCUT2D eigenvalue weighted by atomic mass is 35.5. The van der Waals surface area contributed by atoms with Crippen LogP contribution in [0.15, 0.2) is 42.5 Å². The van der Waals surface area contributed by atoms with Gasteiger partial charge in [-0.3, -0.25) is 0 Å². The quantitative estimate of drug-likeness (QED) is 0.821. The second-order valence-corrected chi connectivity index (χ2v) is 4.48. The van der Waals surface area contributed by atoms with Crippen LogP contribution < -0.4 is 9.47 Å². The molecule has 0 unspecified atom stereocenters. The maximum absolute atomic E-state index is 6.07. The molecule has 0 aliphatic carbocycles. The van der Waals surface area contributed by atoms with Gasteiger partial charge in [0.1, 0.15) is 18.1 Å². The SMILES string of the molecule is COc1cccc(COc2cc(C)ccc2Cl)c1. The molecule has 2 aromatic carbocycles. The second kappa shape index (κ2) is 5.78. The van der Waals surface area contributed by atoms with E-state index in [9.17, 15) is 0 Å². The Hall–Kier alpha value is -1.67. The lowest BCUT2D eigenvalue weighted by Gasteiger charge is -2.09. The molecule has 0 saturated heterocycles. The Balaban J connectivity index is 2.08. The summed E-state index contributed by atoms with van der Waals surface area (Å²) in [5, 5.41) is 0.628. The summed E-state index contributed by atoms with van der Waals surface area (Å²) in [6.07, 6.45) is 0. The molecule has 0 aliphatic rings. The monoisotopic (exact) mass is 262 g/mol. The molecule has 0 aliphatic heterocycles. The molecular formula is C15H15ClO2. The molecule has 0 amide bonds. The fraction of sp³-hybridized carbons (Fsp3) is 0.200. The predicted molar refractivity (Wildman–Crippen MR) is 73.5 cm³/mol. The van der Waals surface area contributed by atoms with E-state index in [0.717, 1.165) is 16.9 Å². The molecule has 0 N–H and O–H groups in total. The fourth-order valence-corrected chi connectivity index (χ4v) is 1.82. The number of rotatable bonds is 4. The van der Waals surface area contributed by atoms with Crippen LogP contribution in [0.25, 0.3) is 0 Å². The van der Waals surface area contributed by atoms with Gasteiger partial charge in [0.25, 0.3) is 0 Å². The van der Waals surface area contributed by atoms with Gasteiger partial charge in [-0.1, -0.05) is 29.8 Å². The minimum atomic E-state index is 0.473. The number of methoxy groups -OCH3 is 1. The Morgan fingerprint density at radius 2 is 1.94 bits per heavy atom. The lowest BCUT2D eigenvalue weighted by atomic mass is 10.2. The maximum Gasteiger partial charge on any atom is 0.138 e. The van der Waals surface area contributed by atoms with Gasteiger partial charge in [-0.2, -0.15) is 0 Å². The van der Waals surface area contributed by atoms with E-state index in [4.69, 9.17) is 21.1 Å². The number of benzene rings is 2. The number of hydrogen-bond acceptors (Lipinski definition) is 2. The van der Waals surface area contributed by atoms with Crippen LogP contribution in [0.2, 0.25) is 5.02 Å². The van der Waals surface area contributed by atoms with Gasteiger partial charge in [0.2, 0.25) is 0 Å². The van der Waals surface area contributed by atoms with Crippen LogP contribution in [0.5, 0.6) is 11.5 Å². The lowest BCUT2D eigenvalue weighted by Crippen LogP contribution is -1.96. The van der Waals surface area contributed by atoms with Gasteiger partial charge in [0, 0.05) is 0 Å². The number of halogens is 1. The molecule has 0 spiro atoms. The molecule has 94 valence electrons. The van der Waals surface area contributed by atoms with Gasteiger partial charge in [-0.15, -0.1) is 0 Å². The summed E-state index contributed by atoms with van der Waals surface area (Å²) >= 11 is 6.07. The third kappa shape index (κ3) is 3.17. The van der Waals surface area contributed by atoms with Crippen molar-refractivity contribution in [3.8, 4) is 11.5 Å². The largest absolute Gasteiger partial charge is 0.497 e. The van der Waals surface area contributed by atoms with Gasteiger partial charge >= 0.3 is 0 Å². The standard InChI is InChI=1S/C15H15ClO2/c1-11-6-7-14(16)15(8-11)18-10-12-4-3-5-13(9-12)17-2/h3-9H,10H2,1-2H3. The van der Waals surface area contributed by atoms with Crippen molar-refractivity contribution in [3.05, 3.63) is 58.6 Å². The summed E-state index contributed by atoms with van der Waals surface area (Å²) in [4.78, 5) is 0. The molecule has 0 saturated carbocycles. The van der Waals surface area contributed by atoms with E-state index >= 15 is 0 Å². The topological polar surface area (TPSA) is 18.5 Å². The van der Waals surface area contributed by atoms with Gasteiger partial charge in [-0.05, 0) is 42.3 Å². The van der Waals surface area contributed by atoms with E-state index in [-0.39, 0.29) is 0 Å². The van der Waals surface area contributed by atoms with Crippen LogP contribution in [0.4, 0.5) is 0 Å². The number of ether oxygens (including phenoxy) is 2. The molecule has 2 nitrogen and oxygen atoms in total. The minimum Gasteiger partial charge on any atom is -0.497 e. The van der Waals surface area contributed by atoms with Crippen LogP contribution in [0.1, 0.15) is 11.1 Å². The Labute approximate surface area is 112 Å². The Bertz CT molecular complexity index is 538. The Morgan fingerprint density at radius 1 is 1.11 bits per heavy atom. The molecule has 18 heavy (non-hydrogen) atoms. The third-order valence-electron chi connectivity index (χ3n) is 2.62. The van der Waals surface area contributed by atoms with Crippen molar-refractivity contribution in [2.75, 3.05) is 7.11 Å². The molecule has 2 rings (SSSR count). The molecule has 2 aromatic rings. The highest BCUT2D eigenvalue weighted by Gasteiger charge is 2.03. The van der Waals surface area contributed by atoms with Crippen LogP contribution in [0.3, 0.4) is 0 Å². The van der Waals surface area contributed by atoms with E-state index in [1.54, 1.807) is 7.11 Å². The zero-order valence-electron chi connectivity index (χ0n) is 10.4. The van der Waals surface area contributed by atoms with E-state index in [2.05, 4.69) is 0 Å². The van der Waals surface area contributed by atoms with Crippen molar-refractivity contribution in [3.63, 3.8) is 0 Å². The van der Waals surface area contributed by atoms with Gasteiger partial charge < -0.3 is 9.47 Å². The molecule has 3 heteroatoms. The molecule has 0 aromatic heterocycles. The normalized spacial score (nSPS) is 10.2. The summed E-state index contributed by atoms with van der Waals surface area (Å²) in [6.45, 7) is 2.48. The van der Waals surface area contributed by atoms with Gasteiger partial charge in [0.15, 0.2) is 0 Å². The van der Waals surface area contributed by atoms with Crippen LogP contribution >= 0.6 is 11.6 Å². The molecule has 0 heterocycles. The summed E-state index contributed by atoms with van der Waals surface area (Å²) in [5.74, 6) is 1.53. The second-order valence-electron chi connectivity index (χ2n) is 4.07. The summed E-state index contributed by atoms with van der Waals surface area (Å²) < 4.78 is 10.9. The molecular weight excluding hydrogens is 248 g/mol. The van der Waals surface area contributed by atoms with Crippen molar-refractivity contribution in [2.45, 2.75) is 13.5 Å². The minimum absolute atomic E-state index is 0.473. The molecule has 0 atom stereocenters.